The third-order valence-corrected chi connectivity index (χ3v) is 3.51. The first kappa shape index (κ1) is 14.0. The van der Waals surface area contributed by atoms with Crippen LogP contribution in [0.25, 0.3) is 0 Å². The molecule has 2 rings (SSSR count). The highest BCUT2D eigenvalue weighted by molar-refractivity contribution is 9.10. The van der Waals surface area contributed by atoms with Gasteiger partial charge < -0.3 is 5.32 Å². The van der Waals surface area contributed by atoms with Gasteiger partial charge in [0.15, 0.2) is 0 Å². The summed E-state index contributed by atoms with van der Waals surface area (Å²) in [6.45, 7) is 3.80. The quantitative estimate of drug-likeness (QED) is 0.864. The van der Waals surface area contributed by atoms with Crippen molar-refractivity contribution in [3.8, 4) is 0 Å². The standard InChI is InChI=1S/C13H14BrF2N3/c1-7(9-6-19(3)18-8(9)2)17-13-4-10(14)11(15)5-12(13)16/h4-7,17H,1-3H3. The summed E-state index contributed by atoms with van der Waals surface area (Å²) in [5.41, 5.74) is 2.11. The van der Waals surface area contributed by atoms with Crippen LogP contribution in [0, 0.1) is 18.6 Å². The molecule has 102 valence electrons. The Morgan fingerprint density at radius 2 is 2.00 bits per heavy atom. The van der Waals surface area contributed by atoms with E-state index in [9.17, 15) is 8.78 Å². The molecule has 1 unspecified atom stereocenters. The lowest BCUT2D eigenvalue weighted by atomic mass is 10.1. The highest BCUT2D eigenvalue weighted by atomic mass is 79.9. The highest BCUT2D eigenvalue weighted by Crippen LogP contribution is 2.27. The number of nitrogens with zero attached hydrogens (tertiary/aromatic N) is 2. The topological polar surface area (TPSA) is 29.9 Å². The van der Waals surface area contributed by atoms with Crippen LogP contribution in [0.4, 0.5) is 14.5 Å². The van der Waals surface area contributed by atoms with E-state index in [0.717, 1.165) is 17.3 Å². The molecule has 0 saturated heterocycles. The number of halogens is 3. The molecule has 0 fully saturated rings. The van der Waals surface area contributed by atoms with Gasteiger partial charge in [0, 0.05) is 24.9 Å². The van der Waals surface area contributed by atoms with Gasteiger partial charge in [0.05, 0.1) is 21.9 Å². The van der Waals surface area contributed by atoms with Crippen molar-refractivity contribution in [1.82, 2.24) is 9.78 Å². The first-order valence-electron chi connectivity index (χ1n) is 5.79. The summed E-state index contributed by atoms with van der Waals surface area (Å²) in [6.07, 6.45) is 1.88. The Kier molecular flexibility index (Phi) is 3.89. The maximum absolute atomic E-state index is 13.7. The molecule has 0 spiro atoms. The predicted molar refractivity (Wildman–Crippen MR) is 74.0 cm³/mol. The number of rotatable bonds is 3. The van der Waals surface area contributed by atoms with Gasteiger partial charge in [-0.2, -0.15) is 5.10 Å². The van der Waals surface area contributed by atoms with E-state index in [1.54, 1.807) is 4.68 Å². The molecule has 2 aromatic rings. The van der Waals surface area contributed by atoms with Crippen LogP contribution in [0.1, 0.15) is 24.2 Å². The minimum Gasteiger partial charge on any atom is -0.376 e. The summed E-state index contributed by atoms with van der Waals surface area (Å²) in [6, 6.07) is 2.13. The number of nitrogens with one attached hydrogen (secondary N) is 1. The van der Waals surface area contributed by atoms with Gasteiger partial charge in [0.1, 0.15) is 11.6 Å². The molecule has 1 aromatic carbocycles. The van der Waals surface area contributed by atoms with Crippen molar-refractivity contribution in [2.75, 3.05) is 5.32 Å². The molecule has 0 radical (unpaired) electrons. The molecule has 3 nitrogen and oxygen atoms in total. The average Bonchev–Trinajstić information content (AvgIpc) is 2.65. The molecule has 6 heteroatoms. The van der Waals surface area contributed by atoms with Gasteiger partial charge in [0.25, 0.3) is 0 Å². The smallest absolute Gasteiger partial charge is 0.149 e. The van der Waals surface area contributed by atoms with E-state index in [1.165, 1.54) is 6.07 Å². The Labute approximate surface area is 118 Å². The molecule has 0 aliphatic rings. The van der Waals surface area contributed by atoms with Crippen molar-refractivity contribution in [2.24, 2.45) is 7.05 Å². The van der Waals surface area contributed by atoms with Crippen LogP contribution in [0.3, 0.4) is 0 Å². The van der Waals surface area contributed by atoms with Gasteiger partial charge in [0.2, 0.25) is 0 Å². The third kappa shape index (κ3) is 2.94. The molecule has 1 heterocycles. The summed E-state index contributed by atoms with van der Waals surface area (Å²) in [4.78, 5) is 0. The Morgan fingerprint density at radius 1 is 1.32 bits per heavy atom. The van der Waals surface area contributed by atoms with E-state index in [1.807, 2.05) is 27.1 Å². The van der Waals surface area contributed by atoms with Crippen LogP contribution in [-0.2, 0) is 7.05 Å². The normalized spacial score (nSPS) is 12.5. The molecule has 0 aliphatic heterocycles. The lowest BCUT2D eigenvalue weighted by Crippen LogP contribution is -2.08. The number of aromatic nitrogens is 2. The monoisotopic (exact) mass is 329 g/mol. The SMILES string of the molecule is Cc1nn(C)cc1C(C)Nc1cc(Br)c(F)cc1F. The third-order valence-electron chi connectivity index (χ3n) is 2.90. The maximum Gasteiger partial charge on any atom is 0.149 e. The largest absolute Gasteiger partial charge is 0.376 e. The Bertz CT molecular complexity index is 610. The molecule has 1 aromatic heterocycles. The molecule has 0 bridgehead atoms. The molecule has 0 saturated carbocycles. The second kappa shape index (κ2) is 5.28. The molecule has 0 amide bonds. The van der Waals surface area contributed by atoms with E-state index in [4.69, 9.17) is 0 Å². The highest BCUT2D eigenvalue weighted by Gasteiger charge is 2.15. The second-order valence-corrected chi connectivity index (χ2v) is 5.31. The Hall–Kier alpha value is -1.43. The van der Waals surface area contributed by atoms with Gasteiger partial charge in [-0.15, -0.1) is 0 Å². The number of anilines is 1. The average molecular weight is 330 g/mol. The summed E-state index contributed by atoms with van der Waals surface area (Å²) < 4.78 is 28.8. The van der Waals surface area contributed by atoms with E-state index >= 15 is 0 Å². The minimum atomic E-state index is -0.617. The molecular weight excluding hydrogens is 316 g/mol. The van der Waals surface area contributed by atoms with Gasteiger partial charge in [-0.1, -0.05) is 0 Å². The van der Waals surface area contributed by atoms with Gasteiger partial charge in [-0.25, -0.2) is 8.78 Å². The van der Waals surface area contributed by atoms with Crippen molar-refractivity contribution in [1.29, 1.82) is 0 Å². The van der Waals surface area contributed by atoms with Crippen LogP contribution in [-0.4, -0.2) is 9.78 Å². The predicted octanol–water partition coefficient (Wildman–Crippen LogP) is 3.94. The van der Waals surface area contributed by atoms with Gasteiger partial charge >= 0.3 is 0 Å². The fourth-order valence-corrected chi connectivity index (χ4v) is 2.33. The van der Waals surface area contributed by atoms with Gasteiger partial charge in [-0.3, -0.25) is 4.68 Å². The van der Waals surface area contributed by atoms with Crippen LogP contribution < -0.4 is 5.32 Å². The van der Waals surface area contributed by atoms with Crippen LogP contribution in [0.15, 0.2) is 22.8 Å². The van der Waals surface area contributed by atoms with Crippen LogP contribution in [0.2, 0.25) is 0 Å². The summed E-state index contributed by atoms with van der Waals surface area (Å²) in [5.74, 6) is -1.23. The number of aryl methyl sites for hydroxylation is 2. The summed E-state index contributed by atoms with van der Waals surface area (Å²) in [7, 11) is 1.83. The van der Waals surface area contributed by atoms with E-state index in [-0.39, 0.29) is 16.2 Å². The van der Waals surface area contributed by atoms with E-state index in [0.29, 0.717) is 0 Å². The van der Waals surface area contributed by atoms with Crippen molar-refractivity contribution in [3.63, 3.8) is 0 Å². The molecule has 1 N–H and O–H groups in total. The first-order valence-corrected chi connectivity index (χ1v) is 6.59. The fraction of sp³-hybridized carbons (Fsp3) is 0.308. The maximum atomic E-state index is 13.7. The first-order chi connectivity index (χ1) is 8.88. The van der Waals surface area contributed by atoms with Crippen molar-refractivity contribution >= 4 is 21.6 Å². The van der Waals surface area contributed by atoms with Crippen LogP contribution >= 0.6 is 15.9 Å². The zero-order chi connectivity index (χ0) is 14.2. The zero-order valence-corrected chi connectivity index (χ0v) is 12.4. The van der Waals surface area contributed by atoms with E-state index in [2.05, 4.69) is 26.3 Å². The summed E-state index contributed by atoms with van der Waals surface area (Å²) in [5, 5.41) is 7.27. The lowest BCUT2D eigenvalue weighted by Gasteiger charge is -2.15. The Morgan fingerprint density at radius 3 is 2.58 bits per heavy atom. The zero-order valence-electron chi connectivity index (χ0n) is 10.8. The van der Waals surface area contributed by atoms with Crippen molar-refractivity contribution in [3.05, 3.63) is 45.7 Å². The molecule has 0 aliphatic carbocycles. The molecule has 19 heavy (non-hydrogen) atoms. The number of hydrogen-bond acceptors (Lipinski definition) is 2. The second-order valence-electron chi connectivity index (χ2n) is 4.46. The Balaban J connectivity index is 2.26. The van der Waals surface area contributed by atoms with Crippen molar-refractivity contribution < 1.29 is 8.78 Å². The fourth-order valence-electron chi connectivity index (χ4n) is 1.99. The van der Waals surface area contributed by atoms with Gasteiger partial charge in [-0.05, 0) is 35.8 Å². The number of benzene rings is 1. The number of hydrogen-bond donors (Lipinski definition) is 1. The van der Waals surface area contributed by atoms with E-state index < -0.39 is 11.6 Å². The minimum absolute atomic E-state index is 0.124. The summed E-state index contributed by atoms with van der Waals surface area (Å²) >= 11 is 3.05. The van der Waals surface area contributed by atoms with Crippen LogP contribution in [0.5, 0.6) is 0 Å². The molecular formula is C13H14BrF2N3. The van der Waals surface area contributed by atoms with Crippen molar-refractivity contribution in [2.45, 2.75) is 19.9 Å². The lowest BCUT2D eigenvalue weighted by molar-refractivity contribution is 0.579. The molecule has 1 atom stereocenters.